The van der Waals surface area contributed by atoms with Crippen LogP contribution in [0.5, 0.6) is 5.75 Å². The average Bonchev–Trinajstić information content (AvgIpc) is 2.46. The molecule has 0 radical (unpaired) electrons. The zero-order valence-corrected chi connectivity index (χ0v) is 12.7. The monoisotopic (exact) mass is 282 g/mol. The lowest BCUT2D eigenvalue weighted by molar-refractivity contribution is 0.259. The summed E-state index contributed by atoms with van der Waals surface area (Å²) >= 11 is 6.55. The van der Waals surface area contributed by atoms with Gasteiger partial charge in [-0.1, -0.05) is 25.3 Å². The van der Waals surface area contributed by atoms with E-state index in [0.29, 0.717) is 5.41 Å². The van der Waals surface area contributed by atoms with Gasteiger partial charge >= 0.3 is 0 Å². The van der Waals surface area contributed by atoms with Gasteiger partial charge in [0, 0.05) is 10.6 Å². The van der Waals surface area contributed by atoms with Crippen LogP contribution in [0.4, 0.5) is 0 Å². The van der Waals surface area contributed by atoms with Crippen molar-refractivity contribution in [2.75, 3.05) is 18.6 Å². The van der Waals surface area contributed by atoms with E-state index in [2.05, 4.69) is 30.8 Å². The first-order valence-electron chi connectivity index (χ1n) is 6.66. The summed E-state index contributed by atoms with van der Waals surface area (Å²) < 4.78 is 5.27. The highest BCUT2D eigenvalue weighted by Gasteiger charge is 2.30. The third-order valence-corrected chi connectivity index (χ3v) is 5.85. The fourth-order valence-electron chi connectivity index (χ4n) is 2.58. The summed E-state index contributed by atoms with van der Waals surface area (Å²) in [5, 5.41) is 0. The minimum Gasteiger partial charge on any atom is -0.497 e. The minimum absolute atomic E-state index is 0.453. The lowest BCUT2D eigenvalue weighted by Crippen LogP contribution is -2.28. The Hall–Kier alpha value is -0.280. The molecule has 0 heterocycles. The van der Waals surface area contributed by atoms with Crippen molar-refractivity contribution < 1.29 is 4.74 Å². The lowest BCUT2D eigenvalue weighted by atomic mass is 9.77. The summed E-state index contributed by atoms with van der Waals surface area (Å²) in [5.74, 6) is 3.15. The Morgan fingerprint density at radius 1 is 1.28 bits per heavy atom. The minimum atomic E-state index is 0.453. The molecule has 1 nitrogen and oxygen atoms in total. The van der Waals surface area contributed by atoms with E-state index in [1.165, 1.54) is 42.8 Å². The number of methoxy groups -OCH3 is 1. The van der Waals surface area contributed by atoms with Gasteiger partial charge in [0.1, 0.15) is 5.75 Å². The molecule has 0 atom stereocenters. The summed E-state index contributed by atoms with van der Waals surface area (Å²) in [6.07, 6.45) is 6.83. The molecule has 1 fully saturated rings. The van der Waals surface area contributed by atoms with Gasteiger partial charge < -0.3 is 4.74 Å². The molecule has 0 saturated heterocycles. The highest BCUT2D eigenvalue weighted by atomic mass is 32.2. The first kappa shape index (κ1) is 14.1. The molecule has 0 aromatic heterocycles. The quantitative estimate of drug-likeness (QED) is 0.621. The smallest absolute Gasteiger partial charge is 0.119 e. The normalized spacial score (nSPS) is 18.6. The molecular formula is C15H22OS2. The molecule has 0 spiro atoms. The van der Waals surface area contributed by atoms with Crippen molar-refractivity contribution in [2.45, 2.75) is 37.0 Å². The highest BCUT2D eigenvalue weighted by molar-refractivity contribution is 7.99. The number of benzene rings is 1. The molecule has 1 aliphatic rings. The fraction of sp³-hybridized carbons (Fsp3) is 0.600. The van der Waals surface area contributed by atoms with E-state index in [1.807, 2.05) is 17.8 Å². The Morgan fingerprint density at radius 2 is 2.06 bits per heavy atom. The Bertz CT molecular complexity index is 373. The largest absolute Gasteiger partial charge is 0.497 e. The van der Waals surface area contributed by atoms with Crippen molar-refractivity contribution >= 4 is 24.4 Å². The van der Waals surface area contributed by atoms with Gasteiger partial charge in [0.2, 0.25) is 0 Å². The van der Waals surface area contributed by atoms with E-state index in [1.54, 1.807) is 7.11 Å². The zero-order chi connectivity index (χ0) is 12.8. The molecule has 18 heavy (non-hydrogen) atoms. The van der Waals surface area contributed by atoms with Gasteiger partial charge in [-0.15, -0.1) is 11.8 Å². The van der Waals surface area contributed by atoms with Crippen LogP contribution in [0.1, 0.15) is 32.1 Å². The predicted molar refractivity (Wildman–Crippen MR) is 83.1 cm³/mol. The van der Waals surface area contributed by atoms with Crippen molar-refractivity contribution in [1.29, 1.82) is 0 Å². The first-order valence-corrected chi connectivity index (χ1v) is 8.28. The molecule has 3 heteroatoms. The molecular weight excluding hydrogens is 260 g/mol. The topological polar surface area (TPSA) is 9.23 Å². The van der Waals surface area contributed by atoms with Crippen LogP contribution in [0.15, 0.2) is 29.2 Å². The van der Waals surface area contributed by atoms with Crippen LogP contribution in [0.25, 0.3) is 0 Å². The molecule has 2 rings (SSSR count). The van der Waals surface area contributed by atoms with Crippen molar-refractivity contribution in [3.8, 4) is 5.75 Å². The van der Waals surface area contributed by atoms with Crippen LogP contribution in [0.3, 0.4) is 0 Å². The molecule has 100 valence electrons. The van der Waals surface area contributed by atoms with Gasteiger partial charge in [0.25, 0.3) is 0 Å². The van der Waals surface area contributed by atoms with Gasteiger partial charge in [0.05, 0.1) is 7.11 Å². The Labute approximate surface area is 120 Å². The second-order valence-corrected chi connectivity index (χ2v) is 6.55. The van der Waals surface area contributed by atoms with Gasteiger partial charge in [-0.3, -0.25) is 0 Å². The Kier molecular flexibility index (Phi) is 5.31. The van der Waals surface area contributed by atoms with Crippen LogP contribution in [0, 0.1) is 5.41 Å². The molecule has 0 amide bonds. The van der Waals surface area contributed by atoms with Gasteiger partial charge in [0.15, 0.2) is 0 Å². The maximum absolute atomic E-state index is 5.27. The van der Waals surface area contributed by atoms with Crippen molar-refractivity contribution in [3.63, 3.8) is 0 Å². The number of hydrogen-bond acceptors (Lipinski definition) is 3. The van der Waals surface area contributed by atoms with E-state index >= 15 is 0 Å². The summed E-state index contributed by atoms with van der Waals surface area (Å²) in [4.78, 5) is 1.31. The molecule has 0 N–H and O–H groups in total. The third kappa shape index (κ3) is 3.61. The second-order valence-electron chi connectivity index (χ2n) is 5.19. The van der Waals surface area contributed by atoms with Crippen LogP contribution in [-0.4, -0.2) is 18.6 Å². The summed E-state index contributed by atoms with van der Waals surface area (Å²) in [6.45, 7) is 0. The molecule has 1 saturated carbocycles. The molecule has 0 unspecified atom stereocenters. The summed E-state index contributed by atoms with van der Waals surface area (Å²) in [6, 6.07) is 8.36. The zero-order valence-electron chi connectivity index (χ0n) is 11.0. The molecule has 1 aromatic rings. The van der Waals surface area contributed by atoms with E-state index in [9.17, 15) is 0 Å². The number of ether oxygens (including phenoxy) is 1. The van der Waals surface area contributed by atoms with Crippen LogP contribution in [0.2, 0.25) is 0 Å². The van der Waals surface area contributed by atoms with Crippen molar-refractivity contribution in [1.82, 2.24) is 0 Å². The number of thiol groups is 1. The van der Waals surface area contributed by atoms with E-state index in [4.69, 9.17) is 4.74 Å². The first-order chi connectivity index (χ1) is 8.78. The van der Waals surface area contributed by atoms with Gasteiger partial charge in [-0.05, 0) is 42.2 Å². The maximum atomic E-state index is 5.27. The van der Waals surface area contributed by atoms with Gasteiger partial charge in [-0.25, -0.2) is 0 Å². The SMILES string of the molecule is COc1cccc(SCC2(CS)CCCCC2)c1. The summed E-state index contributed by atoms with van der Waals surface area (Å²) in [7, 11) is 1.72. The van der Waals surface area contributed by atoms with E-state index in [0.717, 1.165) is 11.5 Å². The average molecular weight is 282 g/mol. The highest BCUT2D eigenvalue weighted by Crippen LogP contribution is 2.41. The number of thioether (sulfide) groups is 1. The van der Waals surface area contributed by atoms with Gasteiger partial charge in [-0.2, -0.15) is 12.6 Å². The van der Waals surface area contributed by atoms with Crippen molar-refractivity contribution in [3.05, 3.63) is 24.3 Å². The van der Waals surface area contributed by atoms with Crippen LogP contribution >= 0.6 is 24.4 Å². The van der Waals surface area contributed by atoms with Crippen molar-refractivity contribution in [2.24, 2.45) is 5.41 Å². The van der Waals surface area contributed by atoms with E-state index < -0.39 is 0 Å². The number of hydrogen-bond donors (Lipinski definition) is 1. The van der Waals surface area contributed by atoms with Crippen LogP contribution in [-0.2, 0) is 0 Å². The molecule has 0 bridgehead atoms. The second kappa shape index (κ2) is 6.76. The lowest BCUT2D eigenvalue weighted by Gasteiger charge is -2.35. The predicted octanol–water partition coefficient (Wildman–Crippen LogP) is 4.67. The Balaban J connectivity index is 1.96. The molecule has 1 aromatic carbocycles. The maximum Gasteiger partial charge on any atom is 0.119 e. The molecule has 0 aliphatic heterocycles. The summed E-state index contributed by atoms with van der Waals surface area (Å²) in [5.41, 5.74) is 0.453. The third-order valence-electron chi connectivity index (χ3n) is 3.84. The number of rotatable bonds is 5. The van der Waals surface area contributed by atoms with Crippen LogP contribution < -0.4 is 4.74 Å². The Morgan fingerprint density at radius 3 is 2.72 bits per heavy atom. The molecule has 1 aliphatic carbocycles. The standard InChI is InChI=1S/C15H22OS2/c1-16-13-6-5-7-14(10-13)18-12-15(11-17)8-3-2-4-9-15/h5-7,10,17H,2-4,8-9,11-12H2,1H3. The van der Waals surface area contributed by atoms with E-state index in [-0.39, 0.29) is 0 Å². The fourth-order valence-corrected chi connectivity index (χ4v) is 4.39.